The molecule has 2 aliphatic rings. The molecule has 6 rings (SSSR count). The molecule has 2 amide bonds. The molecule has 7 heteroatoms. The fraction of sp³-hybridized carbons (Fsp3) is 0.258. The molecule has 0 spiro atoms. The maximum atomic E-state index is 14.0. The van der Waals surface area contributed by atoms with Gasteiger partial charge in [-0.1, -0.05) is 30.3 Å². The van der Waals surface area contributed by atoms with Crippen LogP contribution >= 0.6 is 0 Å². The van der Waals surface area contributed by atoms with Crippen LogP contribution in [0.2, 0.25) is 0 Å². The molecule has 0 atom stereocenters. The van der Waals surface area contributed by atoms with E-state index >= 15 is 0 Å². The molecule has 0 radical (unpaired) electrons. The Hall–Kier alpha value is -4.39. The Balaban J connectivity index is 1.35. The van der Waals surface area contributed by atoms with Crippen LogP contribution in [0.1, 0.15) is 40.9 Å². The average Bonchev–Trinajstić information content (AvgIpc) is 3.33. The third-order valence-electron chi connectivity index (χ3n) is 7.42. The average molecular weight is 507 g/mol. The Kier molecular flexibility index (Phi) is 6.42. The number of piperidine rings is 1. The van der Waals surface area contributed by atoms with Crippen molar-refractivity contribution < 1.29 is 14.3 Å². The van der Waals surface area contributed by atoms with Crippen LogP contribution in [0.25, 0.3) is 11.3 Å². The number of methoxy groups -OCH3 is 1. The van der Waals surface area contributed by atoms with E-state index in [1.54, 1.807) is 7.11 Å². The van der Waals surface area contributed by atoms with Crippen LogP contribution < -0.4 is 14.5 Å². The number of benzene rings is 3. The van der Waals surface area contributed by atoms with Crippen LogP contribution in [0.3, 0.4) is 0 Å². The highest BCUT2D eigenvalue weighted by atomic mass is 16.5. The van der Waals surface area contributed by atoms with Crippen LogP contribution in [-0.2, 0) is 17.8 Å². The Morgan fingerprint density at radius 2 is 1.50 bits per heavy atom. The fourth-order valence-corrected chi connectivity index (χ4v) is 5.41. The van der Waals surface area contributed by atoms with E-state index in [1.165, 1.54) is 0 Å². The lowest BCUT2D eigenvalue weighted by Crippen LogP contribution is -2.38. The van der Waals surface area contributed by atoms with Crippen molar-refractivity contribution in [1.82, 2.24) is 9.78 Å². The van der Waals surface area contributed by atoms with Gasteiger partial charge < -0.3 is 14.5 Å². The van der Waals surface area contributed by atoms with Crippen molar-refractivity contribution in [2.75, 3.05) is 30.0 Å². The van der Waals surface area contributed by atoms with E-state index < -0.39 is 0 Å². The second kappa shape index (κ2) is 10.2. The number of carbonyl (C=O) groups is 2. The number of aromatic nitrogens is 2. The molecule has 0 bridgehead atoms. The van der Waals surface area contributed by atoms with E-state index in [2.05, 4.69) is 12.1 Å². The highest BCUT2D eigenvalue weighted by molar-refractivity contribution is 6.11. The number of hydrogen-bond acceptors (Lipinski definition) is 4. The first-order valence-electron chi connectivity index (χ1n) is 13.1. The van der Waals surface area contributed by atoms with Gasteiger partial charge in [-0.15, -0.1) is 0 Å². The third-order valence-corrected chi connectivity index (χ3v) is 7.42. The monoisotopic (exact) mass is 506 g/mol. The molecule has 7 nitrogen and oxygen atoms in total. The van der Waals surface area contributed by atoms with Gasteiger partial charge in [0.05, 0.1) is 24.9 Å². The molecular formula is C31H30N4O3. The largest absolute Gasteiger partial charge is 0.497 e. The highest BCUT2D eigenvalue weighted by Crippen LogP contribution is 2.34. The second-order valence-electron chi connectivity index (χ2n) is 9.77. The summed E-state index contributed by atoms with van der Waals surface area (Å²) in [6, 6.07) is 25.7. The zero-order chi connectivity index (χ0) is 26.1. The maximum Gasteiger partial charge on any atom is 0.262 e. The van der Waals surface area contributed by atoms with Gasteiger partial charge in [-0.25, -0.2) is 0 Å². The van der Waals surface area contributed by atoms with Gasteiger partial charge in [0.15, 0.2) is 0 Å². The standard InChI is InChI=1S/C31H30N4O3/c1-38-26-16-10-23(11-17-26)30-29-27(35(32-30)21-22-7-3-2-4-8-22)18-20-34(31(29)37)25-14-12-24(13-15-25)33-19-6-5-9-28(33)36/h2-4,7-8,10-17H,5-6,9,18-21H2,1H3. The predicted molar refractivity (Wildman–Crippen MR) is 148 cm³/mol. The van der Waals surface area contributed by atoms with Crippen LogP contribution in [0.4, 0.5) is 11.4 Å². The summed E-state index contributed by atoms with van der Waals surface area (Å²) in [5.41, 5.74) is 6.01. The minimum absolute atomic E-state index is 0.0572. The summed E-state index contributed by atoms with van der Waals surface area (Å²) >= 11 is 0. The molecule has 1 fully saturated rings. The van der Waals surface area contributed by atoms with E-state index in [0.29, 0.717) is 37.2 Å². The van der Waals surface area contributed by atoms with Gasteiger partial charge >= 0.3 is 0 Å². The van der Waals surface area contributed by atoms with Gasteiger partial charge in [0.1, 0.15) is 11.4 Å². The van der Waals surface area contributed by atoms with Gasteiger partial charge in [-0.3, -0.25) is 14.3 Å². The number of fused-ring (bicyclic) bond motifs is 1. The first-order chi connectivity index (χ1) is 18.6. The molecule has 4 aromatic rings. The Morgan fingerprint density at radius 3 is 2.18 bits per heavy atom. The van der Waals surface area contributed by atoms with Crippen molar-refractivity contribution in [3.05, 3.63) is 95.7 Å². The first-order valence-corrected chi connectivity index (χ1v) is 13.1. The van der Waals surface area contributed by atoms with Crippen molar-refractivity contribution in [2.45, 2.75) is 32.2 Å². The lowest BCUT2D eigenvalue weighted by atomic mass is 9.99. The number of anilines is 2. The molecule has 3 heterocycles. The number of amides is 2. The molecule has 0 N–H and O–H groups in total. The number of rotatable bonds is 6. The topological polar surface area (TPSA) is 67.7 Å². The summed E-state index contributed by atoms with van der Waals surface area (Å²) in [5, 5.41) is 4.96. The molecule has 38 heavy (non-hydrogen) atoms. The Bertz CT molecular complexity index is 1460. The third kappa shape index (κ3) is 4.45. The zero-order valence-electron chi connectivity index (χ0n) is 21.5. The molecular weight excluding hydrogens is 476 g/mol. The Labute approximate surface area is 222 Å². The van der Waals surface area contributed by atoms with E-state index in [0.717, 1.165) is 53.3 Å². The number of hydrogen-bond donors (Lipinski definition) is 0. The van der Waals surface area contributed by atoms with Crippen molar-refractivity contribution in [2.24, 2.45) is 0 Å². The van der Waals surface area contributed by atoms with Gasteiger partial charge in [-0.05, 0) is 66.9 Å². The molecule has 3 aromatic carbocycles. The lowest BCUT2D eigenvalue weighted by molar-refractivity contribution is -0.119. The molecule has 0 unspecified atom stereocenters. The summed E-state index contributed by atoms with van der Waals surface area (Å²) in [4.78, 5) is 30.1. The SMILES string of the molecule is COc1ccc(-c2nn(Cc3ccccc3)c3c2C(=O)N(c2ccc(N4CCCCC4=O)cc2)CC3)cc1. The number of ether oxygens (including phenoxy) is 1. The number of carbonyl (C=O) groups excluding carboxylic acids is 2. The van der Waals surface area contributed by atoms with E-state index in [-0.39, 0.29) is 11.8 Å². The fourth-order valence-electron chi connectivity index (χ4n) is 5.41. The van der Waals surface area contributed by atoms with Gasteiger partial charge in [0.25, 0.3) is 5.91 Å². The van der Waals surface area contributed by atoms with Gasteiger partial charge in [-0.2, -0.15) is 5.10 Å². The van der Waals surface area contributed by atoms with Crippen molar-refractivity contribution >= 4 is 23.2 Å². The molecule has 2 aliphatic heterocycles. The lowest BCUT2D eigenvalue weighted by Gasteiger charge is -2.30. The maximum absolute atomic E-state index is 14.0. The summed E-state index contributed by atoms with van der Waals surface area (Å²) in [6.07, 6.45) is 3.26. The minimum Gasteiger partial charge on any atom is -0.497 e. The Morgan fingerprint density at radius 1 is 0.789 bits per heavy atom. The quantitative estimate of drug-likeness (QED) is 0.355. The molecule has 1 aromatic heterocycles. The first kappa shape index (κ1) is 24.0. The predicted octanol–water partition coefficient (Wildman–Crippen LogP) is 5.33. The zero-order valence-corrected chi connectivity index (χ0v) is 21.5. The molecule has 1 saturated heterocycles. The normalized spacial score (nSPS) is 15.5. The smallest absolute Gasteiger partial charge is 0.262 e. The van der Waals surface area contributed by atoms with Crippen molar-refractivity contribution in [3.8, 4) is 17.0 Å². The summed E-state index contributed by atoms with van der Waals surface area (Å²) in [6.45, 7) is 1.91. The van der Waals surface area contributed by atoms with Gasteiger partial charge in [0, 0.05) is 42.9 Å². The summed E-state index contributed by atoms with van der Waals surface area (Å²) in [7, 11) is 1.64. The second-order valence-corrected chi connectivity index (χ2v) is 9.77. The minimum atomic E-state index is -0.0572. The molecule has 192 valence electrons. The van der Waals surface area contributed by atoms with E-state index in [9.17, 15) is 9.59 Å². The van der Waals surface area contributed by atoms with Crippen LogP contribution in [0, 0.1) is 0 Å². The number of nitrogens with zero attached hydrogens (tertiary/aromatic N) is 4. The van der Waals surface area contributed by atoms with Crippen molar-refractivity contribution in [3.63, 3.8) is 0 Å². The van der Waals surface area contributed by atoms with E-state index in [4.69, 9.17) is 9.84 Å². The molecule has 0 aliphatic carbocycles. The van der Waals surface area contributed by atoms with Crippen LogP contribution in [0.5, 0.6) is 5.75 Å². The van der Waals surface area contributed by atoms with Crippen LogP contribution in [0.15, 0.2) is 78.9 Å². The van der Waals surface area contributed by atoms with Crippen molar-refractivity contribution in [1.29, 1.82) is 0 Å². The van der Waals surface area contributed by atoms with Crippen LogP contribution in [-0.4, -0.2) is 41.8 Å². The molecule has 0 saturated carbocycles. The summed E-state index contributed by atoms with van der Waals surface area (Å²) in [5.74, 6) is 0.863. The summed E-state index contributed by atoms with van der Waals surface area (Å²) < 4.78 is 7.31. The van der Waals surface area contributed by atoms with E-state index in [1.807, 2.05) is 81.2 Å². The highest BCUT2D eigenvalue weighted by Gasteiger charge is 2.33. The van der Waals surface area contributed by atoms with Gasteiger partial charge in [0.2, 0.25) is 5.91 Å².